The lowest BCUT2D eigenvalue weighted by molar-refractivity contribution is 0.960. The van der Waals surface area contributed by atoms with E-state index in [0.29, 0.717) is 11.9 Å². The monoisotopic (exact) mass is 450 g/mol. The highest BCUT2D eigenvalue weighted by Gasteiger charge is 2.10. The van der Waals surface area contributed by atoms with E-state index in [1.54, 1.807) is 0 Å². The molecule has 0 fully saturated rings. The molecule has 1 aromatic heterocycles. The van der Waals surface area contributed by atoms with Gasteiger partial charge in [0.25, 0.3) is 0 Å². The molecule has 0 bridgehead atoms. The van der Waals surface area contributed by atoms with Crippen molar-refractivity contribution in [1.82, 2.24) is 25.6 Å². The zero-order chi connectivity index (χ0) is 21.0. The first-order valence-electron chi connectivity index (χ1n) is 10.1. The summed E-state index contributed by atoms with van der Waals surface area (Å²) in [5.74, 6) is 2.69. The van der Waals surface area contributed by atoms with Crippen molar-refractivity contribution >= 4 is 53.3 Å². The molecule has 0 amide bonds. The first-order valence-corrected chi connectivity index (χ1v) is 10.1. The minimum Gasteiger partial charge on any atom is -0.368 e. The molecular formula is C21H23ClN10. The standard InChI is InChI=1S/C21H22N10.ClH/c22-19-29-20(27-15-5-1-13(2-6-15)17-23-9-10-24-17)31-21(30-19)28-16-7-3-14(4-8-16)18-25-11-12-26-18;/h1-8H,9-12H2,(H,23,24)(H,25,26)(H4,22,27,28,29,30,31);1H. The summed E-state index contributed by atoms with van der Waals surface area (Å²) >= 11 is 0. The summed E-state index contributed by atoms with van der Waals surface area (Å²) in [5, 5.41) is 12.9. The van der Waals surface area contributed by atoms with Crippen LogP contribution in [0.15, 0.2) is 58.5 Å². The molecule has 32 heavy (non-hydrogen) atoms. The minimum absolute atomic E-state index is 0. The maximum Gasteiger partial charge on any atom is 0.233 e. The Kier molecular flexibility index (Phi) is 6.31. The first-order chi connectivity index (χ1) is 15.2. The summed E-state index contributed by atoms with van der Waals surface area (Å²) in [7, 11) is 0. The summed E-state index contributed by atoms with van der Waals surface area (Å²) in [6.07, 6.45) is 0. The molecule has 11 heteroatoms. The van der Waals surface area contributed by atoms with Crippen LogP contribution < -0.4 is 27.0 Å². The molecule has 2 aromatic carbocycles. The predicted molar refractivity (Wildman–Crippen MR) is 130 cm³/mol. The van der Waals surface area contributed by atoms with Gasteiger partial charge in [0.15, 0.2) is 0 Å². The maximum absolute atomic E-state index is 5.89. The van der Waals surface area contributed by atoms with Gasteiger partial charge in [-0.1, -0.05) is 0 Å². The van der Waals surface area contributed by atoms with E-state index >= 15 is 0 Å². The highest BCUT2D eigenvalue weighted by Crippen LogP contribution is 2.19. The van der Waals surface area contributed by atoms with Crippen LogP contribution in [0.25, 0.3) is 0 Å². The fourth-order valence-electron chi connectivity index (χ4n) is 3.37. The Morgan fingerprint density at radius 3 is 1.47 bits per heavy atom. The van der Waals surface area contributed by atoms with Crippen LogP contribution in [0.2, 0.25) is 0 Å². The van der Waals surface area contributed by atoms with Gasteiger partial charge in [-0.3, -0.25) is 9.98 Å². The zero-order valence-corrected chi connectivity index (χ0v) is 18.0. The molecule has 3 heterocycles. The van der Waals surface area contributed by atoms with E-state index in [-0.39, 0.29) is 18.4 Å². The van der Waals surface area contributed by atoms with Gasteiger partial charge in [-0.05, 0) is 48.5 Å². The van der Waals surface area contributed by atoms with Crippen molar-refractivity contribution in [3.63, 3.8) is 0 Å². The van der Waals surface area contributed by atoms with Gasteiger partial charge < -0.3 is 27.0 Å². The second-order valence-electron chi connectivity index (χ2n) is 7.06. The van der Waals surface area contributed by atoms with Crippen LogP contribution in [0.5, 0.6) is 0 Å². The second kappa shape index (κ2) is 9.48. The third kappa shape index (κ3) is 4.86. The van der Waals surface area contributed by atoms with Gasteiger partial charge in [-0.25, -0.2) is 0 Å². The third-order valence-electron chi connectivity index (χ3n) is 4.83. The fraction of sp³-hybridized carbons (Fsp3) is 0.190. The van der Waals surface area contributed by atoms with E-state index in [2.05, 4.69) is 46.2 Å². The van der Waals surface area contributed by atoms with Gasteiger partial charge in [-0.15, -0.1) is 12.4 Å². The average molecular weight is 451 g/mol. The molecule has 2 aliphatic heterocycles. The Balaban J connectivity index is 0.00000245. The summed E-state index contributed by atoms with van der Waals surface area (Å²) in [4.78, 5) is 21.6. The van der Waals surface area contributed by atoms with Crippen LogP contribution in [-0.4, -0.2) is 52.8 Å². The van der Waals surface area contributed by atoms with Crippen LogP contribution in [-0.2, 0) is 0 Å². The number of anilines is 5. The highest BCUT2D eigenvalue weighted by molar-refractivity contribution is 6.00. The largest absolute Gasteiger partial charge is 0.368 e. The molecule has 3 aromatic rings. The van der Waals surface area contributed by atoms with E-state index in [0.717, 1.165) is 60.4 Å². The smallest absolute Gasteiger partial charge is 0.233 e. The van der Waals surface area contributed by atoms with Gasteiger partial charge in [0.05, 0.1) is 13.1 Å². The summed E-state index contributed by atoms with van der Waals surface area (Å²) in [6, 6.07) is 15.8. The Bertz CT molecular complexity index is 1050. The van der Waals surface area contributed by atoms with Gasteiger partial charge in [0.1, 0.15) is 11.7 Å². The van der Waals surface area contributed by atoms with Crippen molar-refractivity contribution in [1.29, 1.82) is 0 Å². The van der Waals surface area contributed by atoms with Crippen LogP contribution in [0.4, 0.5) is 29.2 Å². The molecule has 164 valence electrons. The van der Waals surface area contributed by atoms with Crippen molar-refractivity contribution in [3.8, 4) is 0 Å². The Morgan fingerprint density at radius 2 is 1.09 bits per heavy atom. The molecule has 2 aliphatic rings. The van der Waals surface area contributed by atoms with Crippen molar-refractivity contribution in [2.45, 2.75) is 0 Å². The molecule has 0 saturated heterocycles. The number of halogens is 1. The molecule has 0 saturated carbocycles. The molecule has 5 rings (SSSR count). The second-order valence-corrected chi connectivity index (χ2v) is 7.06. The quantitative estimate of drug-likeness (QED) is 0.384. The van der Waals surface area contributed by atoms with E-state index < -0.39 is 0 Å². The molecular weight excluding hydrogens is 428 g/mol. The summed E-state index contributed by atoms with van der Waals surface area (Å²) in [6.45, 7) is 3.38. The number of hydrogen-bond acceptors (Lipinski definition) is 10. The number of amidine groups is 2. The number of nitrogens with two attached hydrogens (primary N) is 1. The lowest BCUT2D eigenvalue weighted by Crippen LogP contribution is -2.19. The SMILES string of the molecule is Cl.Nc1nc(Nc2ccc(C3=NCCN3)cc2)nc(Nc2ccc(C3=NCCN3)cc2)n1. The number of nitrogens with one attached hydrogen (secondary N) is 4. The maximum atomic E-state index is 5.89. The molecule has 0 radical (unpaired) electrons. The Labute approximate surface area is 191 Å². The Hall–Kier alpha value is -3.92. The number of aromatic nitrogens is 3. The lowest BCUT2D eigenvalue weighted by atomic mass is 10.2. The zero-order valence-electron chi connectivity index (χ0n) is 17.2. The van der Waals surface area contributed by atoms with Crippen molar-refractivity contribution in [3.05, 3.63) is 59.7 Å². The topological polar surface area (TPSA) is 138 Å². The Morgan fingerprint density at radius 1 is 0.656 bits per heavy atom. The third-order valence-corrected chi connectivity index (χ3v) is 4.83. The van der Waals surface area contributed by atoms with Crippen LogP contribution in [0.1, 0.15) is 11.1 Å². The molecule has 6 N–H and O–H groups in total. The van der Waals surface area contributed by atoms with E-state index in [9.17, 15) is 0 Å². The van der Waals surface area contributed by atoms with Crippen molar-refractivity contribution < 1.29 is 0 Å². The van der Waals surface area contributed by atoms with Gasteiger partial charge in [0, 0.05) is 35.6 Å². The molecule has 0 aliphatic carbocycles. The normalized spacial score (nSPS) is 14.5. The summed E-state index contributed by atoms with van der Waals surface area (Å²) in [5.41, 5.74) is 9.66. The highest BCUT2D eigenvalue weighted by atomic mass is 35.5. The van der Waals surface area contributed by atoms with Crippen molar-refractivity contribution in [2.24, 2.45) is 9.98 Å². The molecule has 0 atom stereocenters. The number of nitrogens with zero attached hydrogens (tertiary/aromatic N) is 5. The van der Waals surface area contributed by atoms with E-state index in [4.69, 9.17) is 5.73 Å². The fourth-order valence-corrected chi connectivity index (χ4v) is 3.37. The molecule has 10 nitrogen and oxygen atoms in total. The minimum atomic E-state index is 0. The lowest BCUT2D eigenvalue weighted by Gasteiger charge is -2.10. The van der Waals surface area contributed by atoms with E-state index in [1.807, 2.05) is 48.5 Å². The molecule has 0 unspecified atom stereocenters. The number of hydrogen-bond donors (Lipinski definition) is 5. The number of nitrogen functional groups attached to an aromatic ring is 1. The van der Waals surface area contributed by atoms with Gasteiger partial charge in [-0.2, -0.15) is 15.0 Å². The predicted octanol–water partition coefficient (Wildman–Crippen LogP) is 2.06. The van der Waals surface area contributed by atoms with Crippen LogP contribution >= 0.6 is 12.4 Å². The number of rotatable bonds is 6. The average Bonchev–Trinajstić information content (AvgIpc) is 3.49. The number of benzene rings is 2. The van der Waals surface area contributed by atoms with Gasteiger partial charge >= 0.3 is 0 Å². The van der Waals surface area contributed by atoms with E-state index in [1.165, 1.54) is 0 Å². The first kappa shape index (κ1) is 21.3. The van der Waals surface area contributed by atoms with Crippen LogP contribution in [0, 0.1) is 0 Å². The number of aliphatic imine (C=N–C) groups is 2. The van der Waals surface area contributed by atoms with Gasteiger partial charge in [0.2, 0.25) is 17.8 Å². The van der Waals surface area contributed by atoms with Crippen molar-refractivity contribution in [2.75, 3.05) is 42.5 Å². The van der Waals surface area contributed by atoms with Crippen LogP contribution in [0.3, 0.4) is 0 Å². The molecule has 0 spiro atoms. The summed E-state index contributed by atoms with van der Waals surface area (Å²) < 4.78 is 0.